The minimum Gasteiger partial charge on any atom is -0.439 e. The summed E-state index contributed by atoms with van der Waals surface area (Å²) in [6.45, 7) is 4.26. The molecular formula is C24H21FN4O2. The van der Waals surface area contributed by atoms with Gasteiger partial charge in [0.05, 0.1) is 11.4 Å². The fourth-order valence-corrected chi connectivity index (χ4v) is 3.16. The van der Waals surface area contributed by atoms with Gasteiger partial charge in [0.25, 0.3) is 5.91 Å². The van der Waals surface area contributed by atoms with Gasteiger partial charge >= 0.3 is 0 Å². The lowest BCUT2D eigenvalue weighted by atomic mass is 10.2. The van der Waals surface area contributed by atoms with Crippen molar-refractivity contribution in [2.24, 2.45) is 0 Å². The molecule has 0 bridgehead atoms. The van der Waals surface area contributed by atoms with Crippen LogP contribution in [-0.4, -0.2) is 20.7 Å². The first-order chi connectivity index (χ1) is 15.0. The van der Waals surface area contributed by atoms with Crippen molar-refractivity contribution in [3.8, 4) is 17.3 Å². The first kappa shape index (κ1) is 20.3. The molecule has 0 fully saturated rings. The highest BCUT2D eigenvalue weighted by molar-refractivity contribution is 5.94. The largest absolute Gasteiger partial charge is 0.439 e. The predicted molar refractivity (Wildman–Crippen MR) is 115 cm³/mol. The summed E-state index contributed by atoms with van der Waals surface area (Å²) in [5.41, 5.74) is 4.26. The number of amides is 1. The Morgan fingerprint density at radius 3 is 2.52 bits per heavy atom. The van der Waals surface area contributed by atoms with Crippen molar-refractivity contribution >= 4 is 5.91 Å². The molecular weight excluding hydrogens is 395 g/mol. The van der Waals surface area contributed by atoms with Crippen molar-refractivity contribution in [2.45, 2.75) is 20.4 Å². The van der Waals surface area contributed by atoms with Gasteiger partial charge in [0, 0.05) is 36.1 Å². The number of benzene rings is 2. The topological polar surface area (TPSA) is 69.0 Å². The number of hydrogen-bond acceptors (Lipinski definition) is 4. The van der Waals surface area contributed by atoms with Crippen LogP contribution in [0.3, 0.4) is 0 Å². The van der Waals surface area contributed by atoms with Crippen molar-refractivity contribution in [3.05, 3.63) is 101 Å². The minimum atomic E-state index is -0.375. The van der Waals surface area contributed by atoms with Crippen molar-refractivity contribution in [2.75, 3.05) is 0 Å². The summed E-state index contributed by atoms with van der Waals surface area (Å²) in [5, 5.41) is 7.32. The maximum atomic E-state index is 13.2. The molecule has 0 spiro atoms. The maximum Gasteiger partial charge on any atom is 0.251 e. The van der Waals surface area contributed by atoms with Gasteiger partial charge in [-0.25, -0.2) is 14.1 Å². The van der Waals surface area contributed by atoms with Crippen LogP contribution in [0.5, 0.6) is 11.6 Å². The van der Waals surface area contributed by atoms with Crippen LogP contribution in [0.15, 0.2) is 72.9 Å². The smallest absolute Gasteiger partial charge is 0.251 e. The Morgan fingerprint density at radius 2 is 1.87 bits per heavy atom. The number of ether oxygens (including phenoxy) is 1. The number of rotatable bonds is 6. The first-order valence-electron chi connectivity index (χ1n) is 9.78. The van der Waals surface area contributed by atoms with Gasteiger partial charge in [0.2, 0.25) is 5.88 Å². The number of halogens is 1. The van der Waals surface area contributed by atoms with Gasteiger partial charge in [-0.15, -0.1) is 0 Å². The van der Waals surface area contributed by atoms with Crippen LogP contribution in [0.4, 0.5) is 4.39 Å². The molecule has 0 aliphatic heterocycles. The minimum absolute atomic E-state index is 0.181. The van der Waals surface area contributed by atoms with Gasteiger partial charge in [-0.3, -0.25) is 4.79 Å². The van der Waals surface area contributed by atoms with Crippen LogP contribution in [0, 0.1) is 19.7 Å². The molecule has 4 rings (SSSR count). The Morgan fingerprint density at radius 1 is 1.06 bits per heavy atom. The molecule has 2 aromatic carbocycles. The Kier molecular flexibility index (Phi) is 5.75. The van der Waals surface area contributed by atoms with E-state index in [1.807, 2.05) is 36.7 Å². The second-order valence-corrected chi connectivity index (χ2v) is 7.13. The zero-order valence-electron chi connectivity index (χ0n) is 17.2. The van der Waals surface area contributed by atoms with Gasteiger partial charge in [-0.1, -0.05) is 12.1 Å². The highest BCUT2D eigenvalue weighted by Crippen LogP contribution is 2.20. The van der Waals surface area contributed by atoms with Crippen molar-refractivity contribution in [3.63, 3.8) is 0 Å². The van der Waals surface area contributed by atoms with E-state index in [1.165, 1.54) is 12.1 Å². The molecule has 6 nitrogen and oxygen atoms in total. The third-order valence-corrected chi connectivity index (χ3v) is 4.65. The molecule has 156 valence electrons. The monoisotopic (exact) mass is 416 g/mol. The number of carbonyl (C=O) groups is 1. The summed E-state index contributed by atoms with van der Waals surface area (Å²) in [6.07, 6.45) is 1.61. The van der Waals surface area contributed by atoms with E-state index in [4.69, 9.17) is 4.74 Å². The Hall–Kier alpha value is -4.00. The quantitative estimate of drug-likeness (QED) is 0.493. The van der Waals surface area contributed by atoms with Crippen molar-refractivity contribution in [1.29, 1.82) is 0 Å². The van der Waals surface area contributed by atoms with E-state index in [9.17, 15) is 9.18 Å². The van der Waals surface area contributed by atoms with Crippen molar-refractivity contribution in [1.82, 2.24) is 20.1 Å². The predicted octanol–water partition coefficient (Wildman–Crippen LogP) is 4.75. The molecule has 0 unspecified atom stereocenters. The standard InChI is InChI=1S/C24H21FN4O2/c1-16-12-17(2)29(28-16)21-9-7-19(8-10-21)24(30)27-15-18-6-11-23(26-14-18)31-22-5-3-4-20(25)13-22/h3-14H,15H2,1-2H3,(H,27,30). The second-order valence-electron chi connectivity index (χ2n) is 7.13. The van der Waals surface area contributed by atoms with E-state index in [0.717, 1.165) is 22.6 Å². The van der Waals surface area contributed by atoms with Crippen LogP contribution in [0.25, 0.3) is 5.69 Å². The third-order valence-electron chi connectivity index (χ3n) is 4.65. The van der Waals surface area contributed by atoms with E-state index in [-0.39, 0.29) is 11.7 Å². The average Bonchev–Trinajstić information content (AvgIpc) is 3.11. The van der Waals surface area contributed by atoms with Gasteiger partial charge in [0.15, 0.2) is 0 Å². The van der Waals surface area contributed by atoms with Crippen LogP contribution in [0.1, 0.15) is 27.3 Å². The second kappa shape index (κ2) is 8.79. The number of pyridine rings is 1. The van der Waals surface area contributed by atoms with E-state index >= 15 is 0 Å². The Bertz CT molecular complexity index is 1200. The van der Waals surface area contributed by atoms with E-state index < -0.39 is 0 Å². The number of aromatic nitrogens is 3. The summed E-state index contributed by atoms with van der Waals surface area (Å²) < 4.78 is 20.6. The van der Waals surface area contributed by atoms with Crippen LogP contribution >= 0.6 is 0 Å². The van der Waals surface area contributed by atoms with E-state index in [2.05, 4.69) is 15.4 Å². The molecule has 0 radical (unpaired) electrons. The molecule has 0 aliphatic rings. The highest BCUT2D eigenvalue weighted by Gasteiger charge is 2.08. The lowest BCUT2D eigenvalue weighted by Crippen LogP contribution is -2.22. The van der Waals surface area contributed by atoms with Gasteiger partial charge in [-0.05, 0) is 61.9 Å². The highest BCUT2D eigenvalue weighted by atomic mass is 19.1. The zero-order chi connectivity index (χ0) is 21.8. The molecule has 0 saturated heterocycles. The number of hydrogen-bond donors (Lipinski definition) is 1. The first-order valence-corrected chi connectivity index (χ1v) is 9.78. The fourth-order valence-electron chi connectivity index (χ4n) is 3.16. The average molecular weight is 416 g/mol. The summed E-state index contributed by atoms with van der Waals surface area (Å²) >= 11 is 0. The lowest BCUT2D eigenvalue weighted by molar-refractivity contribution is 0.0951. The van der Waals surface area contributed by atoms with E-state index in [1.54, 1.807) is 42.6 Å². The molecule has 0 aliphatic carbocycles. The molecule has 2 heterocycles. The Balaban J connectivity index is 1.34. The lowest BCUT2D eigenvalue weighted by Gasteiger charge is -2.08. The van der Waals surface area contributed by atoms with E-state index in [0.29, 0.717) is 23.7 Å². The SMILES string of the molecule is Cc1cc(C)n(-c2ccc(C(=O)NCc3ccc(Oc4cccc(F)c4)nc3)cc2)n1. The molecule has 31 heavy (non-hydrogen) atoms. The summed E-state index contributed by atoms with van der Waals surface area (Å²) in [4.78, 5) is 16.7. The molecule has 2 aromatic heterocycles. The fraction of sp³-hybridized carbons (Fsp3) is 0.125. The third kappa shape index (κ3) is 4.95. The summed E-state index contributed by atoms with van der Waals surface area (Å²) in [5.74, 6) is 0.164. The Labute approximate surface area is 179 Å². The van der Waals surface area contributed by atoms with Crippen molar-refractivity contribution < 1.29 is 13.9 Å². The summed E-state index contributed by atoms with van der Waals surface area (Å²) in [6, 6.07) is 18.6. The molecule has 0 atom stereocenters. The number of nitrogens with one attached hydrogen (secondary N) is 1. The van der Waals surface area contributed by atoms with Crippen LogP contribution in [0.2, 0.25) is 0 Å². The molecule has 1 N–H and O–H groups in total. The molecule has 7 heteroatoms. The van der Waals surface area contributed by atoms with Crippen LogP contribution in [-0.2, 0) is 6.54 Å². The maximum absolute atomic E-state index is 13.2. The molecule has 0 saturated carbocycles. The van der Waals surface area contributed by atoms with Crippen LogP contribution < -0.4 is 10.1 Å². The number of aryl methyl sites for hydroxylation is 2. The number of carbonyl (C=O) groups excluding carboxylic acids is 1. The number of nitrogens with zero attached hydrogens (tertiary/aromatic N) is 3. The van der Waals surface area contributed by atoms with Gasteiger partial charge in [-0.2, -0.15) is 5.10 Å². The summed E-state index contributed by atoms with van der Waals surface area (Å²) in [7, 11) is 0. The van der Waals surface area contributed by atoms with Gasteiger partial charge < -0.3 is 10.1 Å². The van der Waals surface area contributed by atoms with Gasteiger partial charge in [0.1, 0.15) is 11.6 Å². The zero-order valence-corrected chi connectivity index (χ0v) is 17.2. The normalized spacial score (nSPS) is 10.7. The molecule has 4 aromatic rings. The molecule has 1 amide bonds.